The first-order chi connectivity index (χ1) is 14.9. The van der Waals surface area contributed by atoms with Crippen molar-refractivity contribution in [2.45, 2.75) is 6.92 Å². The lowest BCUT2D eigenvalue weighted by Crippen LogP contribution is -2.34. The van der Waals surface area contributed by atoms with Gasteiger partial charge in [-0.05, 0) is 58.7 Å². The molecule has 2 amide bonds. The highest BCUT2D eigenvalue weighted by Crippen LogP contribution is 2.36. The Balaban J connectivity index is 1.93. The summed E-state index contributed by atoms with van der Waals surface area (Å²) in [5.74, 6) is 1.13. The van der Waals surface area contributed by atoms with Gasteiger partial charge in [0.2, 0.25) is 0 Å². The van der Waals surface area contributed by atoms with Gasteiger partial charge in [0, 0.05) is 5.56 Å². The molecule has 166 valence electrons. The molecular weight excluding hydrogens is 470 g/mol. The first kappa shape index (κ1) is 24.0. The molecule has 0 aliphatic heterocycles. The predicted molar refractivity (Wildman–Crippen MR) is 119 cm³/mol. The molecule has 0 aliphatic rings. The maximum Gasteiger partial charge on any atom is 0.259 e. The molecule has 2 N–H and O–H groups in total. The molecule has 0 aromatic heterocycles. The molecule has 0 atom stereocenters. The first-order valence-corrected chi connectivity index (χ1v) is 10.0. The highest BCUT2D eigenvalue weighted by Gasteiger charge is 2.12. The topological polar surface area (TPSA) is 107 Å². The summed E-state index contributed by atoms with van der Waals surface area (Å²) in [6.45, 7) is 2.09. The van der Waals surface area contributed by atoms with Crippen molar-refractivity contribution in [1.29, 1.82) is 0 Å². The van der Waals surface area contributed by atoms with E-state index in [1.54, 1.807) is 31.4 Å². The van der Waals surface area contributed by atoms with E-state index < -0.39 is 11.8 Å². The molecular formula is C21H24BrN3O6. The molecule has 0 aliphatic carbocycles. The molecule has 10 heteroatoms. The molecule has 0 bridgehead atoms. The van der Waals surface area contributed by atoms with Crippen LogP contribution in [0.15, 0.2) is 39.9 Å². The van der Waals surface area contributed by atoms with Crippen molar-refractivity contribution < 1.29 is 28.5 Å². The zero-order valence-corrected chi connectivity index (χ0v) is 19.2. The lowest BCUT2D eigenvalue weighted by Gasteiger charge is -2.11. The van der Waals surface area contributed by atoms with Crippen molar-refractivity contribution >= 4 is 34.0 Å². The van der Waals surface area contributed by atoms with Crippen LogP contribution in [0.1, 0.15) is 22.8 Å². The lowest BCUT2D eigenvalue weighted by molar-refractivity contribution is -0.120. The number of hydrazone groups is 1. The molecule has 31 heavy (non-hydrogen) atoms. The van der Waals surface area contributed by atoms with Crippen LogP contribution in [0.4, 0.5) is 0 Å². The minimum Gasteiger partial charge on any atom is -0.493 e. The van der Waals surface area contributed by atoms with Crippen LogP contribution < -0.4 is 29.7 Å². The van der Waals surface area contributed by atoms with E-state index in [2.05, 4.69) is 31.8 Å². The highest BCUT2D eigenvalue weighted by molar-refractivity contribution is 9.10. The van der Waals surface area contributed by atoms with Gasteiger partial charge in [0.25, 0.3) is 11.8 Å². The fourth-order valence-corrected chi connectivity index (χ4v) is 3.20. The van der Waals surface area contributed by atoms with Gasteiger partial charge < -0.3 is 24.3 Å². The molecule has 0 fully saturated rings. The maximum absolute atomic E-state index is 12.3. The summed E-state index contributed by atoms with van der Waals surface area (Å²) in [7, 11) is 4.53. The van der Waals surface area contributed by atoms with E-state index in [1.807, 2.05) is 6.92 Å². The number of amides is 2. The molecule has 2 rings (SSSR count). The van der Waals surface area contributed by atoms with Crippen molar-refractivity contribution in [3.8, 4) is 23.0 Å². The smallest absolute Gasteiger partial charge is 0.259 e. The van der Waals surface area contributed by atoms with E-state index in [-0.39, 0.29) is 6.54 Å². The average molecular weight is 494 g/mol. The van der Waals surface area contributed by atoms with Gasteiger partial charge in [-0.15, -0.1) is 0 Å². The number of carbonyl (C=O) groups is 2. The lowest BCUT2D eigenvalue weighted by atomic mass is 10.2. The van der Waals surface area contributed by atoms with Gasteiger partial charge in [-0.2, -0.15) is 5.10 Å². The fraction of sp³-hybridized carbons (Fsp3) is 0.286. The number of hydrogen-bond acceptors (Lipinski definition) is 7. The van der Waals surface area contributed by atoms with E-state index in [0.29, 0.717) is 45.2 Å². The van der Waals surface area contributed by atoms with Crippen LogP contribution in [-0.2, 0) is 4.79 Å². The number of nitrogens with one attached hydrogen (secondary N) is 2. The minimum absolute atomic E-state index is 0.249. The SMILES string of the molecule is CCOc1cc(/C=N/NC(=O)CNC(=O)c2ccc(OC)c(OC)c2)cc(Br)c1OC. The second kappa shape index (κ2) is 11.8. The van der Waals surface area contributed by atoms with Crippen LogP contribution in [0, 0.1) is 0 Å². The summed E-state index contributed by atoms with van der Waals surface area (Å²) in [5.41, 5.74) is 3.38. The van der Waals surface area contributed by atoms with Crippen molar-refractivity contribution in [2.75, 3.05) is 34.5 Å². The molecule has 0 heterocycles. The standard InChI is InChI=1S/C21H24BrN3O6/c1-5-31-18-9-13(8-15(22)20(18)30-4)11-24-25-19(26)12-23-21(27)14-6-7-16(28-2)17(10-14)29-3/h6-11H,5,12H2,1-4H3,(H,23,27)(H,25,26)/b24-11+. The van der Waals surface area contributed by atoms with Gasteiger partial charge in [0.15, 0.2) is 23.0 Å². The van der Waals surface area contributed by atoms with Gasteiger partial charge in [-0.3, -0.25) is 9.59 Å². The molecule has 0 radical (unpaired) electrons. The zero-order chi connectivity index (χ0) is 22.8. The van der Waals surface area contributed by atoms with Crippen molar-refractivity contribution in [1.82, 2.24) is 10.7 Å². The van der Waals surface area contributed by atoms with Crippen LogP contribution in [0.25, 0.3) is 0 Å². The van der Waals surface area contributed by atoms with Gasteiger partial charge in [-0.1, -0.05) is 0 Å². The highest BCUT2D eigenvalue weighted by atomic mass is 79.9. The summed E-state index contributed by atoms with van der Waals surface area (Å²) in [4.78, 5) is 24.2. The molecule has 0 saturated heterocycles. The normalized spacial score (nSPS) is 10.5. The molecule has 9 nitrogen and oxygen atoms in total. The third-order valence-electron chi connectivity index (χ3n) is 3.99. The van der Waals surface area contributed by atoms with Gasteiger partial charge in [0.05, 0.1) is 45.2 Å². The number of hydrogen-bond donors (Lipinski definition) is 2. The van der Waals surface area contributed by atoms with Gasteiger partial charge in [0.1, 0.15) is 0 Å². The Bertz CT molecular complexity index is 964. The summed E-state index contributed by atoms with van der Waals surface area (Å²) < 4.78 is 21.8. The van der Waals surface area contributed by atoms with Crippen LogP contribution in [0.2, 0.25) is 0 Å². The van der Waals surface area contributed by atoms with E-state index in [9.17, 15) is 9.59 Å². The summed E-state index contributed by atoms with van der Waals surface area (Å²) >= 11 is 3.41. The Hall–Kier alpha value is -3.27. The van der Waals surface area contributed by atoms with E-state index in [1.165, 1.54) is 26.5 Å². The van der Waals surface area contributed by atoms with Crippen LogP contribution in [0.3, 0.4) is 0 Å². The fourth-order valence-electron chi connectivity index (χ4n) is 2.58. The number of rotatable bonds is 10. The summed E-state index contributed by atoms with van der Waals surface area (Å²) in [5, 5.41) is 6.43. The van der Waals surface area contributed by atoms with Gasteiger partial charge >= 0.3 is 0 Å². The Morgan fingerprint density at radius 2 is 1.77 bits per heavy atom. The number of carbonyl (C=O) groups excluding carboxylic acids is 2. The Morgan fingerprint density at radius 3 is 2.42 bits per heavy atom. The predicted octanol–water partition coefficient (Wildman–Crippen LogP) is 2.75. The van der Waals surface area contributed by atoms with E-state index in [4.69, 9.17) is 18.9 Å². The number of halogens is 1. The zero-order valence-electron chi connectivity index (χ0n) is 17.7. The average Bonchev–Trinajstić information content (AvgIpc) is 2.77. The quantitative estimate of drug-likeness (QED) is 0.389. The summed E-state index contributed by atoms with van der Waals surface area (Å²) in [6.07, 6.45) is 1.46. The largest absolute Gasteiger partial charge is 0.493 e. The Kier molecular flexibility index (Phi) is 9.13. The molecule has 2 aromatic rings. The number of benzene rings is 2. The van der Waals surface area contributed by atoms with E-state index >= 15 is 0 Å². The molecule has 0 saturated carbocycles. The minimum atomic E-state index is -0.484. The number of methoxy groups -OCH3 is 3. The Labute approximate surface area is 188 Å². The maximum atomic E-state index is 12.3. The van der Waals surface area contributed by atoms with Crippen molar-refractivity contribution in [3.63, 3.8) is 0 Å². The molecule has 0 spiro atoms. The molecule has 0 unspecified atom stereocenters. The van der Waals surface area contributed by atoms with Crippen LogP contribution in [-0.4, -0.2) is 52.5 Å². The van der Waals surface area contributed by atoms with Crippen LogP contribution >= 0.6 is 15.9 Å². The monoisotopic (exact) mass is 493 g/mol. The van der Waals surface area contributed by atoms with Crippen molar-refractivity contribution in [2.24, 2.45) is 5.10 Å². The summed E-state index contributed by atoms with van der Waals surface area (Å²) in [6, 6.07) is 8.23. The second-order valence-corrected chi connectivity index (χ2v) is 6.87. The number of nitrogens with zero attached hydrogens (tertiary/aromatic N) is 1. The third-order valence-corrected chi connectivity index (χ3v) is 4.58. The number of ether oxygens (including phenoxy) is 4. The van der Waals surface area contributed by atoms with E-state index in [0.717, 1.165) is 0 Å². The first-order valence-electron chi connectivity index (χ1n) is 9.25. The van der Waals surface area contributed by atoms with Crippen LogP contribution in [0.5, 0.6) is 23.0 Å². The second-order valence-electron chi connectivity index (χ2n) is 6.01. The molecule has 2 aromatic carbocycles. The van der Waals surface area contributed by atoms with Gasteiger partial charge in [-0.25, -0.2) is 5.43 Å². The third kappa shape index (κ3) is 6.61. The Morgan fingerprint density at radius 1 is 1.03 bits per heavy atom. The van der Waals surface area contributed by atoms with Crippen molar-refractivity contribution in [3.05, 3.63) is 45.9 Å².